The van der Waals surface area contributed by atoms with Gasteiger partial charge in [-0.05, 0) is 24.1 Å². The van der Waals surface area contributed by atoms with Gasteiger partial charge in [-0.25, -0.2) is 10.7 Å². The van der Waals surface area contributed by atoms with Gasteiger partial charge in [0.1, 0.15) is 0 Å². The van der Waals surface area contributed by atoms with Crippen LogP contribution in [0.15, 0.2) is 24.3 Å². The topological polar surface area (TPSA) is 124 Å². The van der Waals surface area contributed by atoms with Crippen molar-refractivity contribution in [3.8, 4) is 0 Å². The van der Waals surface area contributed by atoms with E-state index in [4.69, 9.17) is 16.1 Å². The van der Waals surface area contributed by atoms with Crippen LogP contribution in [-0.2, 0) is 11.4 Å². The Bertz CT molecular complexity index is 391. The molecular weight excluding hydrogens is 298 g/mol. The summed E-state index contributed by atoms with van der Waals surface area (Å²) in [4.78, 5) is 3.86. The molecule has 0 spiro atoms. The zero-order valence-corrected chi connectivity index (χ0v) is 13.4. The Morgan fingerprint density at radius 1 is 0.957 bits per heavy atom. The summed E-state index contributed by atoms with van der Waals surface area (Å²) in [6, 6.07) is 7.58. The van der Waals surface area contributed by atoms with E-state index in [2.05, 4.69) is 26.4 Å². The van der Waals surface area contributed by atoms with Crippen molar-refractivity contribution in [3.63, 3.8) is 0 Å². The summed E-state index contributed by atoms with van der Waals surface area (Å²) < 4.78 is 0. The maximum atomic E-state index is 8.61. The first-order valence-electron chi connectivity index (χ1n) is 7.90. The lowest BCUT2D eigenvalue weighted by Crippen LogP contribution is -2.39. The first-order valence-corrected chi connectivity index (χ1v) is 7.90. The molecule has 1 aromatic carbocycles. The lowest BCUT2D eigenvalue weighted by molar-refractivity contribution is -0.215. The van der Waals surface area contributed by atoms with Gasteiger partial charge in [-0.15, -0.1) is 4.99 Å². The minimum Gasteiger partial charge on any atom is -0.395 e. The Balaban J connectivity index is 2.02. The van der Waals surface area contributed by atoms with Crippen molar-refractivity contribution in [1.29, 1.82) is 0 Å². The summed E-state index contributed by atoms with van der Waals surface area (Å²) in [5, 5.41) is 26.6. The average molecular weight is 327 g/mol. The highest BCUT2D eigenvalue weighted by molar-refractivity contribution is 5.42. The monoisotopic (exact) mass is 327 g/mol. The van der Waals surface area contributed by atoms with Gasteiger partial charge >= 0.3 is 0 Å². The van der Waals surface area contributed by atoms with Gasteiger partial charge in [0.2, 0.25) is 0 Å². The van der Waals surface area contributed by atoms with E-state index in [0.717, 1.165) is 44.7 Å². The Hall–Kier alpha value is -1.26. The number of rotatable bonds is 14. The molecule has 132 valence electrons. The van der Waals surface area contributed by atoms with E-state index in [-0.39, 0.29) is 12.6 Å². The second-order valence-electron chi connectivity index (χ2n) is 5.28. The molecule has 0 fully saturated rings. The molecule has 8 N–H and O–H groups in total. The minimum absolute atomic E-state index is 0.0501. The maximum absolute atomic E-state index is 8.61. The minimum atomic E-state index is 0.0501. The molecule has 1 rings (SSSR count). The number of nitrogens with one attached hydrogen (secondary N) is 4. The fourth-order valence-corrected chi connectivity index (χ4v) is 2.11. The van der Waals surface area contributed by atoms with E-state index in [1.807, 2.05) is 24.3 Å². The van der Waals surface area contributed by atoms with Crippen LogP contribution in [0.2, 0.25) is 0 Å². The first kappa shape index (κ1) is 19.8. The average Bonchev–Trinajstić information content (AvgIpc) is 2.55. The van der Waals surface area contributed by atoms with Crippen molar-refractivity contribution in [2.75, 3.05) is 51.4 Å². The van der Waals surface area contributed by atoms with Crippen molar-refractivity contribution >= 4 is 5.69 Å². The predicted octanol–water partition coefficient (Wildman–Crippen LogP) is -0.866. The Labute approximate surface area is 137 Å². The lowest BCUT2D eigenvalue weighted by Gasteiger charge is -2.13. The van der Waals surface area contributed by atoms with Crippen LogP contribution in [0.25, 0.3) is 0 Å². The SMILES string of the molecule is NC(CNCCNCCNCCO)Cc1ccc(NOO)cc1. The Morgan fingerprint density at radius 2 is 1.57 bits per heavy atom. The zero-order valence-electron chi connectivity index (χ0n) is 13.4. The quantitative estimate of drug-likeness (QED) is 0.134. The molecular formula is C15H29N5O3. The van der Waals surface area contributed by atoms with Crippen molar-refractivity contribution in [2.45, 2.75) is 12.5 Å². The molecule has 0 aliphatic rings. The highest BCUT2D eigenvalue weighted by atomic mass is 17.2. The van der Waals surface area contributed by atoms with Crippen LogP contribution >= 0.6 is 0 Å². The lowest BCUT2D eigenvalue weighted by atomic mass is 10.1. The van der Waals surface area contributed by atoms with Crippen LogP contribution in [0.1, 0.15) is 5.56 Å². The molecule has 0 saturated carbocycles. The summed E-state index contributed by atoms with van der Waals surface area (Å²) in [7, 11) is 0. The van der Waals surface area contributed by atoms with E-state index in [0.29, 0.717) is 12.2 Å². The Kier molecular flexibility index (Phi) is 11.4. The molecule has 0 aliphatic carbocycles. The van der Waals surface area contributed by atoms with Gasteiger partial charge < -0.3 is 26.8 Å². The first-order chi connectivity index (χ1) is 11.3. The molecule has 0 saturated heterocycles. The van der Waals surface area contributed by atoms with E-state index >= 15 is 0 Å². The van der Waals surface area contributed by atoms with Gasteiger partial charge in [-0.3, -0.25) is 0 Å². The molecule has 0 aliphatic heterocycles. The molecule has 0 aromatic heterocycles. The summed E-state index contributed by atoms with van der Waals surface area (Å²) in [5.41, 5.74) is 10.3. The molecule has 0 radical (unpaired) electrons. The van der Waals surface area contributed by atoms with Crippen LogP contribution < -0.4 is 27.2 Å². The molecule has 1 aromatic rings. The van der Waals surface area contributed by atoms with Crippen molar-refractivity contribution in [1.82, 2.24) is 16.0 Å². The molecule has 1 unspecified atom stereocenters. The fraction of sp³-hybridized carbons (Fsp3) is 0.600. The molecule has 0 amide bonds. The smallest absolute Gasteiger partial charge is 0.0634 e. The number of anilines is 1. The predicted molar refractivity (Wildman–Crippen MR) is 91.2 cm³/mol. The summed E-state index contributed by atoms with van der Waals surface area (Å²) in [6.07, 6.45) is 0.784. The number of aliphatic hydroxyl groups is 1. The third-order valence-electron chi connectivity index (χ3n) is 3.27. The van der Waals surface area contributed by atoms with Crippen LogP contribution in [-0.4, -0.2) is 62.3 Å². The third-order valence-corrected chi connectivity index (χ3v) is 3.27. The van der Waals surface area contributed by atoms with Crippen LogP contribution in [0.3, 0.4) is 0 Å². The zero-order chi connectivity index (χ0) is 16.8. The molecule has 1 atom stereocenters. The standard InChI is InChI=1S/C15H29N5O3/c16-14(11-13-1-3-15(4-2-13)20-23-22)12-19-8-7-17-5-6-18-9-10-21/h1-4,14,17-22H,5-12,16H2. The van der Waals surface area contributed by atoms with Gasteiger partial charge in [0.05, 0.1) is 12.3 Å². The largest absolute Gasteiger partial charge is 0.395 e. The summed E-state index contributed by atoms with van der Waals surface area (Å²) >= 11 is 0. The van der Waals surface area contributed by atoms with Gasteiger partial charge in [0, 0.05) is 45.3 Å². The van der Waals surface area contributed by atoms with E-state index < -0.39 is 0 Å². The van der Waals surface area contributed by atoms with Crippen LogP contribution in [0, 0.1) is 0 Å². The van der Waals surface area contributed by atoms with Crippen molar-refractivity contribution in [2.24, 2.45) is 5.73 Å². The molecule has 0 heterocycles. The van der Waals surface area contributed by atoms with E-state index in [9.17, 15) is 0 Å². The maximum Gasteiger partial charge on any atom is 0.0634 e. The number of benzene rings is 1. The number of aliphatic hydroxyl groups excluding tert-OH is 1. The molecule has 0 bridgehead atoms. The van der Waals surface area contributed by atoms with Gasteiger partial charge in [-0.2, -0.15) is 0 Å². The number of hydrogen-bond donors (Lipinski definition) is 7. The number of nitrogens with two attached hydrogens (primary N) is 1. The fourth-order valence-electron chi connectivity index (χ4n) is 2.11. The van der Waals surface area contributed by atoms with Gasteiger partial charge in [-0.1, -0.05) is 12.1 Å². The van der Waals surface area contributed by atoms with Crippen LogP contribution in [0.4, 0.5) is 5.69 Å². The summed E-state index contributed by atoms with van der Waals surface area (Å²) in [6.45, 7) is 5.05. The second-order valence-corrected chi connectivity index (χ2v) is 5.28. The van der Waals surface area contributed by atoms with Gasteiger partial charge in [0.25, 0.3) is 0 Å². The van der Waals surface area contributed by atoms with Gasteiger partial charge in [0.15, 0.2) is 0 Å². The highest BCUT2D eigenvalue weighted by Crippen LogP contribution is 2.10. The van der Waals surface area contributed by atoms with Crippen molar-refractivity contribution < 1.29 is 15.4 Å². The highest BCUT2D eigenvalue weighted by Gasteiger charge is 2.04. The van der Waals surface area contributed by atoms with E-state index in [1.165, 1.54) is 0 Å². The van der Waals surface area contributed by atoms with Crippen molar-refractivity contribution in [3.05, 3.63) is 29.8 Å². The second kappa shape index (κ2) is 13.2. The normalized spacial score (nSPS) is 12.3. The molecule has 8 nitrogen and oxygen atoms in total. The van der Waals surface area contributed by atoms with E-state index in [1.54, 1.807) is 0 Å². The molecule has 8 heteroatoms. The Morgan fingerprint density at radius 3 is 2.17 bits per heavy atom. The number of hydrogen-bond acceptors (Lipinski definition) is 8. The summed E-state index contributed by atoms with van der Waals surface area (Å²) in [5.74, 6) is 0. The third kappa shape index (κ3) is 10.2. The molecule has 23 heavy (non-hydrogen) atoms. The van der Waals surface area contributed by atoms with Crippen LogP contribution in [0.5, 0.6) is 0 Å².